The predicted octanol–water partition coefficient (Wildman–Crippen LogP) is -0.198. The van der Waals surface area contributed by atoms with E-state index >= 15 is 0 Å². The second-order valence-electron chi connectivity index (χ2n) is 1.34. The summed E-state index contributed by atoms with van der Waals surface area (Å²) in [6, 6.07) is 0. The van der Waals surface area contributed by atoms with Gasteiger partial charge in [-0.15, -0.1) is 0 Å². The fraction of sp³-hybridized carbons (Fsp3) is 0.400. The molecule has 0 rings (SSSR count). The Balaban J connectivity index is 3.09. The number of rotatable bonds is 3. The predicted molar refractivity (Wildman–Crippen MR) is 32.3 cm³/mol. The van der Waals surface area contributed by atoms with E-state index in [1.54, 1.807) is 0 Å². The Kier molecular flexibility index (Phi) is 4.53. The van der Waals surface area contributed by atoms with Gasteiger partial charge in [0, 0.05) is 6.54 Å². The Bertz CT molecular complexity index is 111. The number of aliphatic hydroxyl groups is 1. The monoisotopic (exact) mass is 131 g/mol. The number of carboxylic acid groups (broad SMARTS) is 1. The largest absolute Gasteiger partial charge is 0.465 e. The molecular formula is C5H9NO3. The first-order chi connectivity index (χ1) is 4.27. The van der Waals surface area contributed by atoms with Crippen molar-refractivity contribution in [1.82, 2.24) is 5.32 Å². The molecule has 0 aromatic carbocycles. The molecule has 0 spiro atoms. The Morgan fingerprint density at radius 1 is 1.56 bits per heavy atom. The third kappa shape index (κ3) is 6.97. The Morgan fingerprint density at radius 2 is 2.22 bits per heavy atom. The minimum absolute atomic E-state index is 0.0543. The minimum atomic E-state index is -1.06. The van der Waals surface area contributed by atoms with Crippen LogP contribution in [0.5, 0.6) is 0 Å². The van der Waals surface area contributed by atoms with Crippen molar-refractivity contribution < 1.29 is 15.0 Å². The molecule has 0 heterocycles. The van der Waals surface area contributed by atoms with Crippen LogP contribution in [0.3, 0.4) is 0 Å². The molecule has 0 aromatic rings. The SMILES string of the molecule is O=C(O)NC/C=C/CO. The maximum Gasteiger partial charge on any atom is 0.404 e. The molecule has 4 nitrogen and oxygen atoms in total. The second-order valence-corrected chi connectivity index (χ2v) is 1.34. The van der Waals surface area contributed by atoms with Crippen molar-refractivity contribution in [2.24, 2.45) is 0 Å². The Hall–Kier alpha value is -1.03. The average molecular weight is 131 g/mol. The van der Waals surface area contributed by atoms with Crippen LogP contribution in [-0.2, 0) is 0 Å². The first-order valence-electron chi connectivity index (χ1n) is 2.50. The van der Waals surface area contributed by atoms with Crippen LogP contribution in [-0.4, -0.2) is 29.5 Å². The van der Waals surface area contributed by atoms with Crippen molar-refractivity contribution in [2.45, 2.75) is 0 Å². The standard InChI is InChI=1S/C5H9NO3/c7-4-2-1-3-6-5(8)9/h1-2,6-7H,3-4H2,(H,8,9)/b2-1+. The first-order valence-corrected chi connectivity index (χ1v) is 2.50. The molecule has 0 fully saturated rings. The smallest absolute Gasteiger partial charge is 0.404 e. The van der Waals surface area contributed by atoms with E-state index in [0.29, 0.717) is 0 Å². The van der Waals surface area contributed by atoms with Crippen molar-refractivity contribution in [3.63, 3.8) is 0 Å². The van der Waals surface area contributed by atoms with Crippen LogP contribution >= 0.6 is 0 Å². The molecule has 0 aliphatic rings. The molecule has 0 unspecified atom stereocenters. The van der Waals surface area contributed by atoms with Gasteiger partial charge in [0.15, 0.2) is 0 Å². The number of carbonyl (C=O) groups is 1. The van der Waals surface area contributed by atoms with Crippen molar-refractivity contribution in [3.8, 4) is 0 Å². The van der Waals surface area contributed by atoms with Crippen LogP contribution in [0, 0.1) is 0 Å². The summed E-state index contributed by atoms with van der Waals surface area (Å²) in [4.78, 5) is 9.75. The summed E-state index contributed by atoms with van der Waals surface area (Å²) in [5.74, 6) is 0. The van der Waals surface area contributed by atoms with E-state index in [1.807, 2.05) is 0 Å². The molecule has 9 heavy (non-hydrogen) atoms. The minimum Gasteiger partial charge on any atom is -0.465 e. The van der Waals surface area contributed by atoms with Crippen molar-refractivity contribution in [3.05, 3.63) is 12.2 Å². The normalized spacial score (nSPS) is 9.89. The van der Waals surface area contributed by atoms with E-state index in [4.69, 9.17) is 10.2 Å². The number of nitrogens with one attached hydrogen (secondary N) is 1. The van der Waals surface area contributed by atoms with Crippen LogP contribution < -0.4 is 5.32 Å². The Labute approximate surface area is 52.8 Å². The molecule has 0 radical (unpaired) electrons. The van der Waals surface area contributed by atoms with Crippen LogP contribution in [0.15, 0.2) is 12.2 Å². The van der Waals surface area contributed by atoms with Gasteiger partial charge in [0.2, 0.25) is 0 Å². The van der Waals surface area contributed by atoms with Gasteiger partial charge in [-0.3, -0.25) is 0 Å². The summed E-state index contributed by atoms with van der Waals surface area (Å²) >= 11 is 0. The van der Waals surface area contributed by atoms with Crippen LogP contribution in [0.4, 0.5) is 4.79 Å². The van der Waals surface area contributed by atoms with Crippen LogP contribution in [0.2, 0.25) is 0 Å². The number of hydrogen-bond donors (Lipinski definition) is 3. The number of amides is 1. The lowest BCUT2D eigenvalue weighted by atomic mass is 10.5. The van der Waals surface area contributed by atoms with E-state index in [9.17, 15) is 4.79 Å². The third-order valence-electron chi connectivity index (χ3n) is 0.643. The highest BCUT2D eigenvalue weighted by Crippen LogP contribution is 1.67. The molecule has 52 valence electrons. The van der Waals surface area contributed by atoms with Gasteiger partial charge in [0.25, 0.3) is 0 Å². The van der Waals surface area contributed by atoms with Crippen molar-refractivity contribution in [2.75, 3.05) is 13.2 Å². The van der Waals surface area contributed by atoms with Gasteiger partial charge in [-0.25, -0.2) is 4.79 Å². The van der Waals surface area contributed by atoms with E-state index < -0.39 is 6.09 Å². The molecular weight excluding hydrogens is 122 g/mol. The molecule has 0 saturated heterocycles. The van der Waals surface area contributed by atoms with Gasteiger partial charge in [0.1, 0.15) is 0 Å². The maximum absolute atomic E-state index is 9.75. The summed E-state index contributed by atoms with van der Waals surface area (Å²) in [6.07, 6.45) is 1.95. The van der Waals surface area contributed by atoms with E-state index in [-0.39, 0.29) is 13.2 Å². The number of hydrogen-bond acceptors (Lipinski definition) is 2. The fourth-order valence-corrected chi connectivity index (χ4v) is 0.304. The number of aliphatic hydroxyl groups excluding tert-OH is 1. The molecule has 1 amide bonds. The average Bonchev–Trinajstić information content (AvgIpc) is 1.80. The lowest BCUT2D eigenvalue weighted by Crippen LogP contribution is -2.20. The molecule has 0 aromatic heterocycles. The second kappa shape index (κ2) is 5.11. The topological polar surface area (TPSA) is 69.6 Å². The lowest BCUT2D eigenvalue weighted by molar-refractivity contribution is 0.195. The fourth-order valence-electron chi connectivity index (χ4n) is 0.304. The maximum atomic E-state index is 9.75. The highest BCUT2D eigenvalue weighted by molar-refractivity contribution is 5.64. The van der Waals surface area contributed by atoms with E-state index in [2.05, 4.69) is 5.32 Å². The first kappa shape index (κ1) is 7.97. The Morgan fingerprint density at radius 3 is 2.67 bits per heavy atom. The molecule has 0 aliphatic heterocycles. The summed E-state index contributed by atoms with van der Waals surface area (Å²) in [7, 11) is 0. The van der Waals surface area contributed by atoms with Gasteiger partial charge >= 0.3 is 6.09 Å². The van der Waals surface area contributed by atoms with Gasteiger partial charge in [-0.05, 0) is 0 Å². The van der Waals surface area contributed by atoms with Gasteiger partial charge in [0.05, 0.1) is 6.61 Å². The molecule has 4 heteroatoms. The van der Waals surface area contributed by atoms with E-state index in [0.717, 1.165) is 0 Å². The van der Waals surface area contributed by atoms with E-state index in [1.165, 1.54) is 12.2 Å². The molecule has 0 saturated carbocycles. The zero-order valence-corrected chi connectivity index (χ0v) is 4.87. The summed E-state index contributed by atoms with van der Waals surface area (Å²) in [5.41, 5.74) is 0. The summed E-state index contributed by atoms with van der Waals surface area (Å²) in [6.45, 7) is 0.192. The highest BCUT2D eigenvalue weighted by atomic mass is 16.4. The zero-order chi connectivity index (χ0) is 7.11. The quantitative estimate of drug-likeness (QED) is 0.464. The summed E-state index contributed by atoms with van der Waals surface area (Å²) in [5, 5.41) is 18.3. The van der Waals surface area contributed by atoms with Crippen molar-refractivity contribution in [1.29, 1.82) is 0 Å². The zero-order valence-electron chi connectivity index (χ0n) is 4.87. The highest BCUT2D eigenvalue weighted by Gasteiger charge is 1.85. The molecule has 3 N–H and O–H groups in total. The third-order valence-corrected chi connectivity index (χ3v) is 0.643. The van der Waals surface area contributed by atoms with Crippen LogP contribution in [0.1, 0.15) is 0 Å². The van der Waals surface area contributed by atoms with Gasteiger partial charge < -0.3 is 15.5 Å². The lowest BCUT2D eigenvalue weighted by Gasteiger charge is -1.90. The van der Waals surface area contributed by atoms with Gasteiger partial charge in [-0.2, -0.15) is 0 Å². The molecule has 0 aliphatic carbocycles. The summed E-state index contributed by atoms with van der Waals surface area (Å²) < 4.78 is 0. The molecule has 0 bridgehead atoms. The van der Waals surface area contributed by atoms with Gasteiger partial charge in [-0.1, -0.05) is 12.2 Å². The molecule has 0 atom stereocenters. The van der Waals surface area contributed by atoms with Crippen LogP contribution in [0.25, 0.3) is 0 Å². The van der Waals surface area contributed by atoms with Crippen molar-refractivity contribution >= 4 is 6.09 Å².